The van der Waals surface area contributed by atoms with E-state index in [0.29, 0.717) is 0 Å². The van der Waals surface area contributed by atoms with Crippen LogP contribution in [0.4, 0.5) is 13.2 Å². The van der Waals surface area contributed by atoms with Crippen LogP contribution in [0.5, 0.6) is 0 Å². The topological polar surface area (TPSA) is 39.2 Å². The molecule has 1 rings (SSSR count). The third-order valence-electron chi connectivity index (χ3n) is 2.21. The van der Waals surface area contributed by atoms with Crippen molar-refractivity contribution in [2.45, 2.75) is 44.8 Å². The van der Waals surface area contributed by atoms with Crippen molar-refractivity contribution in [1.29, 1.82) is 0 Å². The summed E-state index contributed by atoms with van der Waals surface area (Å²) in [5.41, 5.74) is -0.757. The molecule has 0 amide bonds. The van der Waals surface area contributed by atoms with Crippen LogP contribution in [-0.2, 0) is 17.0 Å². The van der Waals surface area contributed by atoms with Crippen molar-refractivity contribution in [2.24, 2.45) is 0 Å². The Bertz CT molecular complexity index is 495. The molecule has 0 aromatic carbocycles. The molecule has 7 heteroatoms. The van der Waals surface area contributed by atoms with Crippen LogP contribution in [0.2, 0.25) is 0 Å². The lowest BCUT2D eigenvalue weighted by molar-refractivity contribution is -0.127. The zero-order valence-electron chi connectivity index (χ0n) is 11.3. The molecule has 20 heavy (non-hydrogen) atoms. The van der Waals surface area contributed by atoms with Gasteiger partial charge in [-0.1, -0.05) is 0 Å². The van der Waals surface area contributed by atoms with E-state index in [-0.39, 0.29) is 22.7 Å². The van der Waals surface area contributed by atoms with Crippen LogP contribution in [0, 0.1) is 0 Å². The fourth-order valence-corrected chi connectivity index (χ4v) is 1.72. The molecule has 0 unspecified atom stereocenters. The molecular weight excluding hydrogens is 295 g/mol. The van der Waals surface area contributed by atoms with Crippen LogP contribution >= 0.6 is 11.6 Å². The van der Waals surface area contributed by atoms with Crippen molar-refractivity contribution >= 4 is 17.6 Å². The molecule has 0 aliphatic heterocycles. The average molecular weight is 310 g/mol. The standard InChI is InChI=1S/C13H15ClF3NO2/c1-12(2,3)20-11(19)9-4-8(5-13(15,16)17)10(6-14)18-7-9/h4,7H,5-6H2,1-3H3. The maximum absolute atomic E-state index is 12.5. The highest BCUT2D eigenvalue weighted by Gasteiger charge is 2.30. The first-order valence-electron chi connectivity index (χ1n) is 5.86. The SMILES string of the molecule is CC(C)(C)OC(=O)c1cnc(CCl)c(CC(F)(F)F)c1. The van der Waals surface area contributed by atoms with E-state index in [2.05, 4.69) is 4.98 Å². The highest BCUT2D eigenvalue weighted by Crippen LogP contribution is 2.24. The Morgan fingerprint density at radius 3 is 2.40 bits per heavy atom. The van der Waals surface area contributed by atoms with E-state index < -0.39 is 24.2 Å². The fraction of sp³-hybridized carbons (Fsp3) is 0.538. The second-order valence-corrected chi connectivity index (χ2v) is 5.52. The average Bonchev–Trinajstić information content (AvgIpc) is 2.24. The van der Waals surface area contributed by atoms with E-state index in [1.807, 2.05) is 0 Å². The van der Waals surface area contributed by atoms with Crippen LogP contribution in [0.3, 0.4) is 0 Å². The summed E-state index contributed by atoms with van der Waals surface area (Å²) in [6.45, 7) is 5.01. The van der Waals surface area contributed by atoms with Crippen molar-refractivity contribution in [1.82, 2.24) is 4.98 Å². The van der Waals surface area contributed by atoms with Crippen LogP contribution in [-0.4, -0.2) is 22.7 Å². The molecule has 1 aromatic rings. The van der Waals surface area contributed by atoms with E-state index in [0.717, 1.165) is 6.07 Å². The summed E-state index contributed by atoms with van der Waals surface area (Å²) in [5, 5.41) is 0. The summed E-state index contributed by atoms with van der Waals surface area (Å²) in [6.07, 6.45) is -4.40. The zero-order valence-corrected chi connectivity index (χ0v) is 12.1. The number of hydrogen-bond acceptors (Lipinski definition) is 3. The third-order valence-corrected chi connectivity index (χ3v) is 2.47. The Balaban J connectivity index is 3.06. The first-order chi connectivity index (χ1) is 9.02. The van der Waals surface area contributed by atoms with E-state index in [1.165, 1.54) is 6.20 Å². The Morgan fingerprint density at radius 2 is 1.95 bits per heavy atom. The number of aromatic nitrogens is 1. The molecule has 0 N–H and O–H groups in total. The highest BCUT2D eigenvalue weighted by molar-refractivity contribution is 6.17. The molecule has 0 aliphatic carbocycles. The fourth-order valence-electron chi connectivity index (χ4n) is 1.48. The summed E-state index contributed by atoms with van der Waals surface area (Å²) in [4.78, 5) is 15.6. The predicted octanol–water partition coefficient (Wildman–Crippen LogP) is 3.88. The second kappa shape index (κ2) is 5.99. The molecule has 0 radical (unpaired) electrons. The molecule has 0 saturated heterocycles. The third kappa shape index (κ3) is 5.36. The van der Waals surface area contributed by atoms with Gasteiger partial charge in [-0.2, -0.15) is 13.2 Å². The Morgan fingerprint density at radius 1 is 1.35 bits per heavy atom. The van der Waals surface area contributed by atoms with Crippen molar-refractivity contribution < 1.29 is 22.7 Å². The predicted molar refractivity (Wildman–Crippen MR) is 68.7 cm³/mol. The van der Waals surface area contributed by atoms with Gasteiger partial charge in [0.15, 0.2) is 0 Å². The van der Waals surface area contributed by atoms with Gasteiger partial charge in [0.05, 0.1) is 23.6 Å². The summed E-state index contributed by atoms with van der Waals surface area (Å²) >= 11 is 5.55. The summed E-state index contributed by atoms with van der Waals surface area (Å²) in [6, 6.07) is 1.13. The smallest absolute Gasteiger partial charge is 0.393 e. The number of carbonyl (C=O) groups is 1. The Labute approximate surface area is 120 Å². The molecule has 0 atom stereocenters. The van der Waals surface area contributed by atoms with Gasteiger partial charge in [0.25, 0.3) is 0 Å². The van der Waals surface area contributed by atoms with Crippen LogP contribution in [0.15, 0.2) is 12.3 Å². The Hall–Kier alpha value is -1.30. The second-order valence-electron chi connectivity index (χ2n) is 5.26. The minimum atomic E-state index is -4.39. The molecule has 3 nitrogen and oxygen atoms in total. The lowest BCUT2D eigenvalue weighted by atomic mass is 10.1. The van der Waals surface area contributed by atoms with Gasteiger partial charge in [-0.25, -0.2) is 4.79 Å². The van der Waals surface area contributed by atoms with E-state index in [1.54, 1.807) is 20.8 Å². The number of alkyl halides is 4. The summed E-state index contributed by atoms with van der Waals surface area (Å²) in [5.74, 6) is -0.866. The molecular formula is C13H15ClF3NO2. The molecule has 0 aliphatic rings. The van der Waals surface area contributed by atoms with Gasteiger partial charge in [0.2, 0.25) is 0 Å². The monoisotopic (exact) mass is 309 g/mol. The van der Waals surface area contributed by atoms with Gasteiger partial charge in [0, 0.05) is 6.20 Å². The maximum atomic E-state index is 12.5. The number of carbonyl (C=O) groups excluding carboxylic acids is 1. The molecule has 0 spiro atoms. The number of nitrogens with zero attached hydrogens (tertiary/aromatic N) is 1. The summed E-state index contributed by atoms with van der Waals surface area (Å²) in [7, 11) is 0. The van der Waals surface area contributed by atoms with Crippen LogP contribution in [0.1, 0.15) is 42.4 Å². The van der Waals surface area contributed by atoms with Gasteiger partial charge in [0.1, 0.15) is 5.60 Å². The van der Waals surface area contributed by atoms with Crippen LogP contribution in [0.25, 0.3) is 0 Å². The van der Waals surface area contributed by atoms with Crippen molar-refractivity contribution in [3.8, 4) is 0 Å². The Kier molecular flexibility index (Phi) is 5.02. The number of hydrogen-bond donors (Lipinski definition) is 0. The molecule has 0 bridgehead atoms. The zero-order chi connectivity index (χ0) is 15.6. The number of rotatable bonds is 3. The minimum Gasteiger partial charge on any atom is -0.456 e. The number of pyridine rings is 1. The quantitative estimate of drug-likeness (QED) is 0.628. The largest absolute Gasteiger partial charge is 0.456 e. The number of halogens is 4. The lowest BCUT2D eigenvalue weighted by Crippen LogP contribution is -2.24. The number of esters is 1. The van der Waals surface area contributed by atoms with Crippen molar-refractivity contribution in [3.63, 3.8) is 0 Å². The van der Waals surface area contributed by atoms with Crippen LogP contribution < -0.4 is 0 Å². The van der Waals surface area contributed by atoms with Crippen molar-refractivity contribution in [3.05, 3.63) is 29.1 Å². The normalized spacial score (nSPS) is 12.3. The van der Waals surface area contributed by atoms with E-state index in [4.69, 9.17) is 16.3 Å². The molecule has 0 fully saturated rings. The molecule has 1 heterocycles. The van der Waals surface area contributed by atoms with Gasteiger partial charge < -0.3 is 4.74 Å². The molecule has 112 valence electrons. The molecule has 0 saturated carbocycles. The highest BCUT2D eigenvalue weighted by atomic mass is 35.5. The first kappa shape index (κ1) is 16.8. The maximum Gasteiger partial charge on any atom is 0.393 e. The molecule has 1 aromatic heterocycles. The minimum absolute atomic E-state index is 0.0203. The first-order valence-corrected chi connectivity index (χ1v) is 6.39. The lowest BCUT2D eigenvalue weighted by Gasteiger charge is -2.20. The van der Waals surface area contributed by atoms with Crippen molar-refractivity contribution in [2.75, 3.05) is 0 Å². The van der Waals surface area contributed by atoms with E-state index >= 15 is 0 Å². The number of ether oxygens (including phenoxy) is 1. The van der Waals surface area contributed by atoms with Gasteiger partial charge in [-0.3, -0.25) is 4.98 Å². The van der Waals surface area contributed by atoms with Gasteiger partial charge in [-0.15, -0.1) is 11.6 Å². The van der Waals surface area contributed by atoms with Gasteiger partial charge >= 0.3 is 12.1 Å². The summed E-state index contributed by atoms with van der Waals surface area (Å²) < 4.78 is 42.5. The van der Waals surface area contributed by atoms with E-state index in [9.17, 15) is 18.0 Å². The van der Waals surface area contributed by atoms with Gasteiger partial charge in [-0.05, 0) is 32.4 Å².